The number of hydrogen-bond acceptors (Lipinski definition) is 6. The Labute approximate surface area is 169 Å². The molecular weight excluding hydrogens is 378 g/mol. The van der Waals surface area contributed by atoms with Crippen LogP contribution in [-0.4, -0.2) is 47.2 Å². The van der Waals surface area contributed by atoms with Gasteiger partial charge in [0.1, 0.15) is 12.4 Å². The summed E-state index contributed by atoms with van der Waals surface area (Å²) in [4.78, 5) is 39.0. The van der Waals surface area contributed by atoms with Gasteiger partial charge in [0, 0.05) is 6.42 Å². The summed E-state index contributed by atoms with van der Waals surface area (Å²) in [5.41, 5.74) is 0.799. The number of para-hydroxylation sites is 1. The highest BCUT2D eigenvalue weighted by atomic mass is 32.2. The fraction of sp³-hybridized carbons (Fsp3) is 0.476. The van der Waals surface area contributed by atoms with Crippen LogP contribution in [-0.2, 0) is 19.1 Å². The molecule has 0 N–H and O–H groups in total. The predicted octanol–water partition coefficient (Wildman–Crippen LogP) is 3.17. The van der Waals surface area contributed by atoms with Crippen molar-refractivity contribution in [2.24, 2.45) is 5.92 Å². The van der Waals surface area contributed by atoms with E-state index in [4.69, 9.17) is 9.47 Å². The molecular formula is C21H25NO5S. The van der Waals surface area contributed by atoms with Gasteiger partial charge in [0.25, 0.3) is 0 Å². The molecule has 0 saturated carbocycles. The van der Waals surface area contributed by atoms with E-state index in [9.17, 15) is 14.4 Å². The maximum absolute atomic E-state index is 12.7. The number of rotatable bonds is 9. The number of unbranched alkanes of at least 4 members (excludes halogenated alkanes) is 1. The van der Waals surface area contributed by atoms with Crippen molar-refractivity contribution < 1.29 is 23.9 Å². The van der Waals surface area contributed by atoms with E-state index in [1.54, 1.807) is 17.0 Å². The second kappa shape index (κ2) is 9.28. The molecule has 6 nitrogen and oxygen atoms in total. The molecule has 0 bridgehead atoms. The number of fused-ring (bicyclic) bond motifs is 1. The molecule has 3 rings (SSSR count). The Morgan fingerprint density at radius 2 is 1.96 bits per heavy atom. The number of ether oxygens (including phenoxy) is 2. The number of nitrogens with zero attached hydrogens (tertiary/aromatic N) is 1. The summed E-state index contributed by atoms with van der Waals surface area (Å²) < 4.78 is 10.8. The van der Waals surface area contributed by atoms with E-state index < -0.39 is 17.9 Å². The first-order valence-electron chi connectivity index (χ1n) is 9.53. The number of Topliss-reactive ketones (excluding diaryl/α,β-unsaturated/α-hetero) is 1. The minimum atomic E-state index is -0.678. The Morgan fingerprint density at radius 3 is 2.68 bits per heavy atom. The Bertz CT molecular complexity index is 763. The second-order valence-corrected chi connectivity index (χ2v) is 8.00. The first-order chi connectivity index (χ1) is 13.5. The number of hydrogen-bond donors (Lipinski definition) is 0. The summed E-state index contributed by atoms with van der Waals surface area (Å²) in [5, 5.41) is 1.69. The van der Waals surface area contributed by atoms with E-state index in [1.807, 2.05) is 37.5 Å². The zero-order chi connectivity index (χ0) is 20.1. The zero-order valence-corrected chi connectivity index (χ0v) is 16.9. The van der Waals surface area contributed by atoms with E-state index in [0.717, 1.165) is 18.4 Å². The van der Waals surface area contributed by atoms with Crippen molar-refractivity contribution in [3.8, 4) is 5.75 Å². The highest BCUT2D eigenvalue weighted by Crippen LogP contribution is 2.45. The average molecular weight is 404 g/mol. The highest BCUT2D eigenvalue weighted by Gasteiger charge is 2.55. The molecule has 1 fully saturated rings. The molecule has 7 heteroatoms. The lowest BCUT2D eigenvalue weighted by Crippen LogP contribution is -2.66. The van der Waals surface area contributed by atoms with Crippen LogP contribution in [0.1, 0.15) is 33.1 Å². The number of β-lactam (4-membered cyclic amide) rings is 1. The maximum atomic E-state index is 12.7. The third-order valence-electron chi connectivity index (χ3n) is 4.85. The molecule has 0 aliphatic carbocycles. The standard InChI is InChI=1S/C21H25NO5S/c1-3-4-10-26-21(25)18-14(2)13-28-20-17(19(24)22(18)20)11-15(23)12-27-16-8-6-5-7-9-16/h5-9,13,17-18,20H,3-4,10-12H2,1-2H3/t17-,18?,20-/m1/s1. The van der Waals surface area contributed by atoms with E-state index in [2.05, 4.69) is 0 Å². The number of esters is 1. The van der Waals surface area contributed by atoms with Crippen molar-refractivity contribution in [3.05, 3.63) is 41.3 Å². The molecule has 3 atom stereocenters. The minimum absolute atomic E-state index is 0.0669. The minimum Gasteiger partial charge on any atom is -0.486 e. The largest absolute Gasteiger partial charge is 0.486 e. The van der Waals surface area contributed by atoms with E-state index >= 15 is 0 Å². The van der Waals surface area contributed by atoms with Crippen LogP contribution in [0.15, 0.2) is 41.3 Å². The first kappa shape index (κ1) is 20.5. The van der Waals surface area contributed by atoms with Gasteiger partial charge in [-0.3, -0.25) is 9.59 Å². The van der Waals surface area contributed by atoms with Crippen molar-refractivity contribution >= 4 is 29.4 Å². The van der Waals surface area contributed by atoms with Crippen LogP contribution in [0.4, 0.5) is 0 Å². The molecule has 1 amide bonds. The highest BCUT2D eigenvalue weighted by molar-refractivity contribution is 8.02. The van der Waals surface area contributed by atoms with Gasteiger partial charge in [-0.05, 0) is 36.5 Å². The number of carbonyl (C=O) groups excluding carboxylic acids is 3. The fourth-order valence-electron chi connectivity index (χ4n) is 3.31. The van der Waals surface area contributed by atoms with Gasteiger partial charge in [0.2, 0.25) is 5.91 Å². The molecule has 0 spiro atoms. The van der Waals surface area contributed by atoms with E-state index in [1.165, 1.54) is 11.8 Å². The van der Waals surface area contributed by atoms with Crippen LogP contribution in [0.2, 0.25) is 0 Å². The summed E-state index contributed by atoms with van der Waals surface area (Å²) in [7, 11) is 0. The van der Waals surface area contributed by atoms with Crippen molar-refractivity contribution in [2.75, 3.05) is 13.2 Å². The molecule has 1 unspecified atom stereocenters. The smallest absolute Gasteiger partial charge is 0.333 e. The molecule has 150 valence electrons. The van der Waals surface area contributed by atoms with Crippen molar-refractivity contribution in [1.29, 1.82) is 0 Å². The molecule has 2 aliphatic heterocycles. The second-order valence-electron chi connectivity index (χ2n) is 7.01. The van der Waals surface area contributed by atoms with Crippen LogP contribution in [0.3, 0.4) is 0 Å². The van der Waals surface area contributed by atoms with Gasteiger partial charge in [0.15, 0.2) is 11.8 Å². The molecule has 2 aliphatic rings. The van der Waals surface area contributed by atoms with Gasteiger partial charge in [0.05, 0.1) is 17.9 Å². The monoisotopic (exact) mass is 403 g/mol. The van der Waals surface area contributed by atoms with Gasteiger partial charge < -0.3 is 14.4 Å². The number of ketones is 1. The topological polar surface area (TPSA) is 72.9 Å². The summed E-state index contributed by atoms with van der Waals surface area (Å²) in [5.74, 6) is -0.491. The number of benzene rings is 1. The Hall–Kier alpha value is -2.28. The van der Waals surface area contributed by atoms with E-state index in [0.29, 0.717) is 12.4 Å². The molecule has 1 aromatic carbocycles. The zero-order valence-electron chi connectivity index (χ0n) is 16.1. The average Bonchev–Trinajstić information content (AvgIpc) is 2.71. The Kier molecular flexibility index (Phi) is 6.78. The SMILES string of the molecule is CCCCOC(=O)C1C(C)=CS[C@@H]2[C@H](CC(=O)COc3ccccc3)C(=O)N12. The first-order valence-corrected chi connectivity index (χ1v) is 10.5. The van der Waals surface area contributed by atoms with Crippen molar-refractivity contribution in [1.82, 2.24) is 4.90 Å². The normalized spacial score (nSPS) is 23.4. The van der Waals surface area contributed by atoms with E-state index in [-0.39, 0.29) is 30.1 Å². The quantitative estimate of drug-likeness (QED) is 0.358. The van der Waals surface area contributed by atoms with Crippen molar-refractivity contribution in [3.63, 3.8) is 0 Å². The fourth-order valence-corrected chi connectivity index (χ4v) is 4.56. The van der Waals surface area contributed by atoms with Crippen LogP contribution in [0.5, 0.6) is 5.75 Å². The molecule has 1 aromatic rings. The molecule has 0 radical (unpaired) electrons. The summed E-state index contributed by atoms with van der Waals surface area (Å²) in [6, 6.07) is 8.42. The molecule has 0 aromatic heterocycles. The van der Waals surface area contributed by atoms with Crippen LogP contribution in [0, 0.1) is 5.92 Å². The lowest BCUT2D eigenvalue weighted by Gasteiger charge is -2.51. The summed E-state index contributed by atoms with van der Waals surface area (Å²) in [6.07, 6.45) is 1.85. The van der Waals surface area contributed by atoms with Gasteiger partial charge in [-0.15, -0.1) is 11.8 Å². The third kappa shape index (κ3) is 4.41. The Balaban J connectivity index is 1.56. The summed E-state index contributed by atoms with van der Waals surface area (Å²) >= 11 is 1.48. The van der Waals surface area contributed by atoms with Crippen LogP contribution >= 0.6 is 11.8 Å². The summed E-state index contributed by atoms with van der Waals surface area (Å²) in [6.45, 7) is 4.14. The third-order valence-corrected chi connectivity index (χ3v) is 6.19. The van der Waals surface area contributed by atoms with Gasteiger partial charge in [-0.2, -0.15) is 0 Å². The molecule has 28 heavy (non-hydrogen) atoms. The molecule has 2 heterocycles. The van der Waals surface area contributed by atoms with Gasteiger partial charge in [-0.25, -0.2) is 4.79 Å². The predicted molar refractivity (Wildman–Crippen MR) is 107 cm³/mol. The number of thioether (sulfide) groups is 1. The molecule has 1 saturated heterocycles. The van der Waals surface area contributed by atoms with Crippen molar-refractivity contribution in [2.45, 2.75) is 44.5 Å². The lowest BCUT2D eigenvalue weighted by atomic mass is 9.89. The Morgan fingerprint density at radius 1 is 1.21 bits per heavy atom. The maximum Gasteiger partial charge on any atom is 0.333 e. The van der Waals surface area contributed by atoms with Crippen LogP contribution < -0.4 is 4.74 Å². The lowest BCUT2D eigenvalue weighted by molar-refractivity contribution is -0.166. The van der Waals surface area contributed by atoms with Gasteiger partial charge >= 0.3 is 5.97 Å². The number of amides is 1. The number of carbonyl (C=O) groups is 3. The van der Waals surface area contributed by atoms with Crippen LogP contribution in [0.25, 0.3) is 0 Å². The van der Waals surface area contributed by atoms with Gasteiger partial charge in [-0.1, -0.05) is 31.5 Å².